The number of hydrogen-bond acceptors (Lipinski definition) is 3. The maximum absolute atomic E-state index is 10.9. The first-order valence-corrected chi connectivity index (χ1v) is 6.08. The molecule has 0 aliphatic carbocycles. The number of unbranched alkanes of at least 4 members (excludes halogenated alkanes) is 1. The van der Waals surface area contributed by atoms with Gasteiger partial charge in [0, 0.05) is 45.5 Å². The Kier molecular flexibility index (Phi) is 9.40. The van der Waals surface area contributed by atoms with Gasteiger partial charge in [-0.1, -0.05) is 6.42 Å². The van der Waals surface area contributed by atoms with Crippen LogP contribution in [0.25, 0.3) is 0 Å². The Bertz CT molecular complexity index is 133. The van der Waals surface area contributed by atoms with E-state index in [-0.39, 0.29) is 9.83 Å². The lowest BCUT2D eigenvalue weighted by molar-refractivity contribution is -0.110. The summed E-state index contributed by atoms with van der Waals surface area (Å²) in [6, 6.07) is 0.0306. The molecule has 3 nitrogen and oxygen atoms in total. The fraction of sp³-hybridized carbons (Fsp3) is 0.857. The van der Waals surface area contributed by atoms with E-state index in [9.17, 15) is 4.79 Å². The van der Waals surface area contributed by atoms with E-state index in [2.05, 4.69) is 8.85 Å². The van der Waals surface area contributed by atoms with Gasteiger partial charge in [0.2, 0.25) is 3.79 Å². The highest BCUT2D eigenvalue weighted by molar-refractivity contribution is 14.1. The Morgan fingerprint density at radius 1 is 1.50 bits per heavy atom. The van der Waals surface area contributed by atoms with Crippen LogP contribution in [0.1, 0.15) is 19.3 Å². The average Bonchev–Trinajstić information content (AvgIpc) is 2.04. The molecule has 0 saturated heterocycles. The maximum Gasteiger partial charge on any atom is 0.209 e. The van der Waals surface area contributed by atoms with Gasteiger partial charge < -0.3 is 5.32 Å². The van der Waals surface area contributed by atoms with Gasteiger partial charge in [-0.3, -0.25) is 4.79 Å². The minimum atomic E-state index is 0.0306. The van der Waals surface area contributed by atoms with Crippen molar-refractivity contribution in [3.05, 3.63) is 0 Å². The molecule has 1 unspecified atom stereocenters. The highest BCUT2D eigenvalue weighted by Gasteiger charge is 2.12. The smallest absolute Gasteiger partial charge is 0.209 e. The lowest BCUT2D eigenvalue weighted by Gasteiger charge is -2.09. The van der Waals surface area contributed by atoms with Crippen LogP contribution in [0.2, 0.25) is 0 Å². The first kappa shape index (κ1) is 13.1. The number of nitrogens with one attached hydrogen (secondary N) is 2. The third-order valence-corrected chi connectivity index (χ3v) is 3.08. The first-order chi connectivity index (χ1) is 5.72. The van der Waals surface area contributed by atoms with E-state index in [1.54, 1.807) is 0 Å². The normalized spacial score (nSPS) is 12.9. The Labute approximate surface area is 101 Å². The third kappa shape index (κ3) is 6.55. The molecule has 0 spiro atoms. The number of carbonyl (C=O) groups is 1. The van der Waals surface area contributed by atoms with E-state index in [0.29, 0.717) is 0 Å². The topological polar surface area (TPSA) is 41.1 Å². The van der Waals surface area contributed by atoms with Gasteiger partial charge in [0.05, 0.1) is 6.04 Å². The summed E-state index contributed by atoms with van der Waals surface area (Å²) in [5.74, 6) is 0. The molecule has 0 fully saturated rings. The minimum absolute atomic E-state index is 0.0306. The second kappa shape index (κ2) is 8.64. The number of halogens is 2. The molecule has 0 aromatic carbocycles. The summed E-state index contributed by atoms with van der Waals surface area (Å²) in [6.45, 7) is 1.03. The second-order valence-corrected chi connectivity index (χ2v) is 4.25. The molecule has 0 radical (unpaired) electrons. The van der Waals surface area contributed by atoms with Gasteiger partial charge in [0.25, 0.3) is 0 Å². The number of hydrogen-bond donors (Lipinski definition) is 2. The molecule has 0 saturated carbocycles. The molecule has 0 amide bonds. The van der Waals surface area contributed by atoms with Gasteiger partial charge in [-0.15, -0.1) is 0 Å². The molecule has 72 valence electrons. The fourth-order valence-corrected chi connectivity index (χ4v) is 2.52. The van der Waals surface area contributed by atoms with Crippen LogP contribution in [0.3, 0.4) is 0 Å². The van der Waals surface area contributed by atoms with Gasteiger partial charge in [0.15, 0.2) is 0 Å². The summed E-state index contributed by atoms with van der Waals surface area (Å²) < 4.78 is 3.17. The molecule has 0 aromatic rings. The summed E-state index contributed by atoms with van der Waals surface area (Å²) >= 11 is 3.88. The number of rotatable bonds is 7. The molecular formula is C7H14I2N2O. The number of carbonyl (C=O) groups excluding carboxylic acids is 1. The molecule has 0 aliphatic rings. The van der Waals surface area contributed by atoms with Gasteiger partial charge >= 0.3 is 0 Å². The highest BCUT2D eigenvalue weighted by atomic mass is 127. The van der Waals surface area contributed by atoms with E-state index in [0.717, 1.165) is 25.8 Å². The van der Waals surface area contributed by atoms with Gasteiger partial charge in [-0.2, -0.15) is 0 Å². The largest absolute Gasteiger partial charge is 0.320 e. The second-order valence-electron chi connectivity index (χ2n) is 2.57. The average molecular weight is 396 g/mol. The van der Waals surface area contributed by atoms with Crippen LogP contribution in [0.4, 0.5) is 0 Å². The maximum atomic E-state index is 10.9. The van der Waals surface area contributed by atoms with E-state index >= 15 is 0 Å². The van der Waals surface area contributed by atoms with E-state index in [1.165, 1.54) is 0 Å². The van der Waals surface area contributed by atoms with Crippen LogP contribution >= 0.6 is 45.5 Å². The summed E-state index contributed by atoms with van der Waals surface area (Å²) in [4.78, 5) is 10.9. The molecule has 0 heterocycles. The van der Waals surface area contributed by atoms with Crippen LogP contribution in [-0.4, -0.2) is 23.4 Å². The van der Waals surface area contributed by atoms with Crippen molar-refractivity contribution in [2.45, 2.75) is 25.3 Å². The first-order valence-electron chi connectivity index (χ1n) is 3.92. The Balaban J connectivity index is 3.38. The van der Waals surface area contributed by atoms with Crippen molar-refractivity contribution in [1.29, 1.82) is 0 Å². The third-order valence-electron chi connectivity index (χ3n) is 1.58. The Morgan fingerprint density at radius 2 is 2.17 bits per heavy atom. The highest BCUT2D eigenvalue weighted by Crippen LogP contribution is 2.06. The summed E-state index contributed by atoms with van der Waals surface area (Å²) in [6.07, 6.45) is 3.16. The predicted octanol–water partition coefficient (Wildman–Crippen LogP) is 1.65. The van der Waals surface area contributed by atoms with Gasteiger partial charge in [-0.05, 0) is 26.4 Å². The Hall–Kier alpha value is 1.05. The quantitative estimate of drug-likeness (QED) is 0.298. The van der Waals surface area contributed by atoms with Crippen LogP contribution in [0, 0.1) is 0 Å². The molecule has 0 rings (SSSR count). The molecule has 0 aliphatic heterocycles. The standard InChI is InChI=1S/C7H14I2N2O/c1-10-5-3-2-4-6(11-9)7(8)12/h6,10-11H,2-5H2,1H3. The van der Waals surface area contributed by atoms with Crippen LogP contribution in [0.15, 0.2) is 0 Å². The predicted molar refractivity (Wildman–Crippen MR) is 67.7 cm³/mol. The lowest BCUT2D eigenvalue weighted by Crippen LogP contribution is -2.26. The Morgan fingerprint density at radius 3 is 2.58 bits per heavy atom. The van der Waals surface area contributed by atoms with Crippen LogP contribution in [-0.2, 0) is 4.79 Å². The monoisotopic (exact) mass is 396 g/mol. The molecule has 0 bridgehead atoms. The van der Waals surface area contributed by atoms with Crippen molar-refractivity contribution in [3.63, 3.8) is 0 Å². The zero-order valence-electron chi connectivity index (χ0n) is 7.07. The van der Waals surface area contributed by atoms with E-state index in [1.807, 2.05) is 52.5 Å². The molecule has 2 N–H and O–H groups in total. The van der Waals surface area contributed by atoms with Crippen molar-refractivity contribution in [2.75, 3.05) is 13.6 Å². The summed E-state index contributed by atoms with van der Waals surface area (Å²) in [5.41, 5.74) is 0. The van der Waals surface area contributed by atoms with Gasteiger partial charge in [-0.25, -0.2) is 3.53 Å². The molecule has 5 heteroatoms. The molecule has 0 aromatic heterocycles. The zero-order valence-corrected chi connectivity index (χ0v) is 11.4. The zero-order chi connectivity index (χ0) is 9.40. The van der Waals surface area contributed by atoms with E-state index < -0.39 is 0 Å². The van der Waals surface area contributed by atoms with Crippen molar-refractivity contribution in [3.8, 4) is 0 Å². The minimum Gasteiger partial charge on any atom is -0.320 e. The molecule has 1 atom stereocenters. The fourth-order valence-electron chi connectivity index (χ4n) is 0.861. The lowest BCUT2D eigenvalue weighted by atomic mass is 10.1. The molecule has 12 heavy (non-hydrogen) atoms. The summed E-state index contributed by atoms with van der Waals surface area (Å²) in [5, 5.41) is 3.08. The van der Waals surface area contributed by atoms with Crippen molar-refractivity contribution in [2.24, 2.45) is 0 Å². The SMILES string of the molecule is CNCCCCC(NI)C(=O)I. The van der Waals surface area contributed by atoms with Crippen molar-refractivity contribution in [1.82, 2.24) is 8.85 Å². The van der Waals surface area contributed by atoms with Crippen molar-refractivity contribution >= 4 is 49.2 Å². The van der Waals surface area contributed by atoms with Crippen molar-refractivity contribution < 1.29 is 4.79 Å². The molecular weight excluding hydrogens is 382 g/mol. The van der Waals surface area contributed by atoms with Crippen LogP contribution in [0.5, 0.6) is 0 Å². The summed E-state index contributed by atoms with van der Waals surface area (Å²) in [7, 11) is 1.94. The van der Waals surface area contributed by atoms with Gasteiger partial charge in [0.1, 0.15) is 0 Å². The van der Waals surface area contributed by atoms with E-state index in [4.69, 9.17) is 0 Å². The van der Waals surface area contributed by atoms with Crippen LogP contribution < -0.4 is 8.85 Å².